The van der Waals surface area contributed by atoms with E-state index in [-0.39, 0.29) is 10.6 Å². The van der Waals surface area contributed by atoms with Gasteiger partial charge in [0.05, 0.1) is 10.6 Å². The van der Waals surface area contributed by atoms with E-state index in [0.29, 0.717) is 5.56 Å². The van der Waals surface area contributed by atoms with E-state index >= 15 is 0 Å². The van der Waals surface area contributed by atoms with E-state index in [9.17, 15) is 13.2 Å². The largest absolute Gasteiger partial charge is 0.271 e. The van der Waals surface area contributed by atoms with Gasteiger partial charge in [0, 0.05) is 5.56 Å². The third-order valence-corrected chi connectivity index (χ3v) is 6.45. The molecule has 0 aromatic heterocycles. The maximum atomic E-state index is 13.5. The Kier molecular flexibility index (Phi) is 6.33. The Morgan fingerprint density at radius 2 is 1.50 bits per heavy atom. The zero-order valence-corrected chi connectivity index (χ0v) is 17.8. The van der Waals surface area contributed by atoms with Gasteiger partial charge in [-0.1, -0.05) is 78.9 Å². The van der Waals surface area contributed by atoms with E-state index in [4.69, 9.17) is 0 Å². The summed E-state index contributed by atoms with van der Waals surface area (Å²) in [6.07, 6.45) is 2.92. The van der Waals surface area contributed by atoms with Crippen molar-refractivity contribution in [1.82, 2.24) is 0 Å². The molecule has 4 nitrogen and oxygen atoms in total. The van der Waals surface area contributed by atoms with E-state index in [1.165, 1.54) is 12.1 Å². The van der Waals surface area contributed by atoms with Gasteiger partial charge in [-0.15, -0.1) is 0 Å². The van der Waals surface area contributed by atoms with Gasteiger partial charge in [0.25, 0.3) is 15.9 Å². The number of hydrogen-bond acceptors (Lipinski definition) is 3. The lowest BCUT2D eigenvalue weighted by molar-refractivity contribution is -0.113. The maximum Gasteiger partial charge on any atom is 0.271 e. The van der Waals surface area contributed by atoms with Crippen LogP contribution in [-0.4, -0.2) is 14.3 Å². The van der Waals surface area contributed by atoms with Crippen molar-refractivity contribution in [3.8, 4) is 0 Å². The van der Waals surface area contributed by atoms with Gasteiger partial charge in [0.1, 0.15) is 0 Å². The highest BCUT2D eigenvalue weighted by atomic mass is 32.2. The summed E-state index contributed by atoms with van der Waals surface area (Å²) in [6, 6.07) is 23.0. The monoisotopic (exact) mass is 417 g/mol. The van der Waals surface area contributed by atoms with Crippen molar-refractivity contribution in [2.45, 2.75) is 18.7 Å². The Bertz CT molecular complexity index is 1190. The van der Waals surface area contributed by atoms with Gasteiger partial charge in [-0.25, -0.2) is 8.42 Å². The first-order chi connectivity index (χ1) is 14.4. The summed E-state index contributed by atoms with van der Waals surface area (Å²) in [6.45, 7) is 7.26. The summed E-state index contributed by atoms with van der Waals surface area (Å²) >= 11 is 0. The second-order valence-corrected chi connectivity index (χ2v) is 8.50. The lowest BCUT2D eigenvalue weighted by Crippen LogP contribution is -2.36. The fourth-order valence-electron chi connectivity index (χ4n) is 3.24. The van der Waals surface area contributed by atoms with E-state index in [2.05, 4.69) is 6.58 Å². The zero-order chi connectivity index (χ0) is 21.7. The molecule has 3 rings (SSSR count). The number of carbonyl (C=O) groups is 1. The number of anilines is 1. The number of para-hydroxylation sites is 1. The molecule has 0 fully saturated rings. The number of benzene rings is 3. The van der Waals surface area contributed by atoms with Gasteiger partial charge < -0.3 is 0 Å². The lowest BCUT2D eigenvalue weighted by Gasteiger charge is -2.25. The predicted molar refractivity (Wildman–Crippen MR) is 122 cm³/mol. The molecule has 0 aliphatic heterocycles. The molecule has 1 amide bonds. The van der Waals surface area contributed by atoms with Crippen LogP contribution in [0.3, 0.4) is 0 Å². The topological polar surface area (TPSA) is 54.5 Å². The van der Waals surface area contributed by atoms with Crippen molar-refractivity contribution < 1.29 is 13.2 Å². The van der Waals surface area contributed by atoms with Crippen molar-refractivity contribution in [2.75, 3.05) is 4.31 Å². The molecule has 0 atom stereocenters. The van der Waals surface area contributed by atoms with Gasteiger partial charge in [0.15, 0.2) is 0 Å². The van der Waals surface area contributed by atoms with Crippen LogP contribution in [0.1, 0.15) is 23.6 Å². The minimum Gasteiger partial charge on any atom is -0.268 e. The minimum absolute atomic E-state index is 0.0415. The summed E-state index contributed by atoms with van der Waals surface area (Å²) in [5.41, 5.74) is 3.59. The third-order valence-electron chi connectivity index (χ3n) is 4.72. The second kappa shape index (κ2) is 8.93. The number of allylic oxidation sites excluding steroid dienone is 1. The molecule has 0 spiro atoms. The van der Waals surface area contributed by atoms with E-state index < -0.39 is 15.9 Å². The molecule has 0 aliphatic rings. The van der Waals surface area contributed by atoms with Crippen LogP contribution in [0.15, 0.2) is 102 Å². The van der Waals surface area contributed by atoms with Crippen LogP contribution in [0.4, 0.5) is 5.69 Å². The summed E-state index contributed by atoms with van der Waals surface area (Å²) < 4.78 is 27.8. The summed E-state index contributed by atoms with van der Waals surface area (Å²) in [5.74, 6) is -0.716. The normalized spacial score (nSPS) is 11.7. The number of hydrogen-bond donors (Lipinski definition) is 0. The number of rotatable bonds is 6. The van der Waals surface area contributed by atoms with Gasteiger partial charge in [-0.2, -0.15) is 4.31 Å². The van der Waals surface area contributed by atoms with Gasteiger partial charge in [0.2, 0.25) is 0 Å². The second-order valence-electron chi connectivity index (χ2n) is 6.71. The van der Waals surface area contributed by atoms with Crippen LogP contribution < -0.4 is 4.31 Å². The van der Waals surface area contributed by atoms with Crippen molar-refractivity contribution in [3.63, 3.8) is 0 Å². The molecule has 152 valence electrons. The van der Waals surface area contributed by atoms with Crippen LogP contribution in [0.5, 0.6) is 0 Å². The smallest absolute Gasteiger partial charge is 0.268 e. The lowest BCUT2D eigenvalue weighted by atomic mass is 9.96. The maximum absolute atomic E-state index is 13.5. The Morgan fingerprint density at radius 3 is 2.10 bits per heavy atom. The molecule has 3 aromatic rings. The van der Waals surface area contributed by atoms with E-state index in [0.717, 1.165) is 27.1 Å². The quantitative estimate of drug-likeness (QED) is 0.508. The first-order valence-corrected chi connectivity index (χ1v) is 10.9. The minimum atomic E-state index is -4.14. The molecule has 0 unspecified atom stereocenters. The summed E-state index contributed by atoms with van der Waals surface area (Å²) in [7, 11) is -4.14. The molecule has 3 aromatic carbocycles. The van der Waals surface area contributed by atoms with Crippen molar-refractivity contribution in [3.05, 3.63) is 114 Å². The Hall–Kier alpha value is -3.44. The zero-order valence-electron chi connectivity index (χ0n) is 16.9. The van der Waals surface area contributed by atoms with Crippen molar-refractivity contribution in [2.24, 2.45) is 0 Å². The molecule has 5 heteroatoms. The summed E-state index contributed by atoms with van der Waals surface area (Å²) in [5, 5.41) is 0. The van der Waals surface area contributed by atoms with Gasteiger partial charge >= 0.3 is 0 Å². The van der Waals surface area contributed by atoms with Gasteiger partial charge in [-0.3, -0.25) is 4.79 Å². The van der Waals surface area contributed by atoms with Crippen LogP contribution in [0, 0.1) is 6.92 Å². The van der Waals surface area contributed by atoms with E-state index in [1.807, 2.05) is 62.4 Å². The molecular formula is C25H23NO3S. The molecular weight excluding hydrogens is 394 g/mol. The SMILES string of the molecule is C=CC(=O)N(c1ccccc1/C(=C/C)c1ccccc1)S(=O)(=O)c1ccc(C)cc1. The van der Waals surface area contributed by atoms with Crippen LogP contribution >= 0.6 is 0 Å². The molecule has 0 aliphatic carbocycles. The van der Waals surface area contributed by atoms with Crippen LogP contribution in [0.2, 0.25) is 0 Å². The molecule has 0 N–H and O–H groups in total. The molecule has 0 radical (unpaired) electrons. The third kappa shape index (κ3) is 4.11. The Labute approximate surface area is 177 Å². The molecule has 0 bridgehead atoms. The number of nitrogens with zero attached hydrogens (tertiary/aromatic N) is 1. The summed E-state index contributed by atoms with van der Waals surface area (Å²) in [4.78, 5) is 12.8. The fourth-order valence-corrected chi connectivity index (χ4v) is 4.66. The molecule has 30 heavy (non-hydrogen) atoms. The molecule has 0 saturated heterocycles. The number of amides is 1. The number of aryl methyl sites for hydroxylation is 1. The molecule has 0 saturated carbocycles. The highest BCUT2D eigenvalue weighted by Crippen LogP contribution is 2.35. The van der Waals surface area contributed by atoms with Crippen molar-refractivity contribution >= 4 is 27.2 Å². The fraction of sp³-hybridized carbons (Fsp3) is 0.0800. The highest BCUT2D eigenvalue weighted by Gasteiger charge is 2.31. The highest BCUT2D eigenvalue weighted by molar-refractivity contribution is 7.93. The predicted octanol–water partition coefficient (Wildman–Crippen LogP) is 5.35. The molecule has 0 heterocycles. The Morgan fingerprint density at radius 1 is 0.900 bits per heavy atom. The Balaban J connectivity index is 2.24. The first-order valence-electron chi connectivity index (χ1n) is 9.49. The van der Waals surface area contributed by atoms with Gasteiger partial charge in [-0.05, 0) is 49.3 Å². The van der Waals surface area contributed by atoms with Crippen molar-refractivity contribution in [1.29, 1.82) is 0 Å². The van der Waals surface area contributed by atoms with Crippen LogP contribution in [-0.2, 0) is 14.8 Å². The number of carbonyl (C=O) groups excluding carboxylic acids is 1. The first kappa shape index (κ1) is 21.3. The standard InChI is InChI=1S/C25H23NO3S/c1-4-22(20-11-7-6-8-12-20)23-13-9-10-14-24(23)26(25(27)5-2)30(28,29)21-17-15-19(3)16-18-21/h4-18H,2H2,1,3H3/b22-4+. The average molecular weight is 418 g/mol. The van der Waals surface area contributed by atoms with E-state index in [1.54, 1.807) is 24.3 Å². The number of sulfonamides is 1. The van der Waals surface area contributed by atoms with Crippen LogP contribution in [0.25, 0.3) is 5.57 Å². The average Bonchev–Trinajstić information content (AvgIpc) is 2.76.